The Bertz CT molecular complexity index is 449. The van der Waals surface area contributed by atoms with Crippen LogP contribution in [-0.4, -0.2) is 24.5 Å². The first-order valence-electron chi connectivity index (χ1n) is 5.84. The summed E-state index contributed by atoms with van der Waals surface area (Å²) in [7, 11) is 0. The Morgan fingerprint density at radius 1 is 1.28 bits per heavy atom. The number of hydrogen-bond donors (Lipinski definition) is 0. The molecule has 0 N–H and O–H groups in total. The number of carbonyl (C=O) groups is 2. The molecule has 18 heavy (non-hydrogen) atoms. The number of benzene rings is 1. The van der Waals surface area contributed by atoms with Crippen LogP contribution in [0.4, 0.5) is 0 Å². The third kappa shape index (κ3) is 4.20. The predicted molar refractivity (Wildman–Crippen MR) is 67.9 cm³/mol. The highest BCUT2D eigenvalue weighted by Crippen LogP contribution is 2.19. The average molecular weight is 250 g/mol. The predicted octanol–water partition coefficient (Wildman–Crippen LogP) is 2.53. The van der Waals surface area contributed by atoms with Crippen LogP contribution in [0.2, 0.25) is 0 Å². The molecule has 4 nitrogen and oxygen atoms in total. The molecule has 1 rings (SSSR count). The van der Waals surface area contributed by atoms with Gasteiger partial charge in [0, 0.05) is 5.56 Å². The zero-order chi connectivity index (χ0) is 13.7. The van der Waals surface area contributed by atoms with Gasteiger partial charge in [-0.05, 0) is 51.5 Å². The largest absolute Gasteiger partial charge is 0.482 e. The van der Waals surface area contributed by atoms with Gasteiger partial charge in [0.1, 0.15) is 5.75 Å². The molecule has 1 aromatic carbocycles. The number of ketones is 1. The lowest BCUT2D eigenvalue weighted by Crippen LogP contribution is -2.19. The molecule has 1 aromatic rings. The van der Waals surface area contributed by atoms with Gasteiger partial charge in [-0.2, -0.15) is 0 Å². The smallest absolute Gasteiger partial charge is 0.344 e. The molecular formula is C14H18O4. The Morgan fingerprint density at radius 2 is 1.94 bits per heavy atom. The van der Waals surface area contributed by atoms with Crippen molar-refractivity contribution in [3.05, 3.63) is 29.3 Å². The highest BCUT2D eigenvalue weighted by molar-refractivity contribution is 5.94. The summed E-state index contributed by atoms with van der Waals surface area (Å²) in [5, 5.41) is 0. The van der Waals surface area contributed by atoms with Crippen molar-refractivity contribution in [1.29, 1.82) is 0 Å². The summed E-state index contributed by atoms with van der Waals surface area (Å²) in [4.78, 5) is 22.5. The first kappa shape index (κ1) is 14.2. The second kappa shape index (κ2) is 6.19. The lowest BCUT2D eigenvalue weighted by atomic mass is 10.1. The summed E-state index contributed by atoms with van der Waals surface area (Å²) in [6, 6.07) is 5.11. The average Bonchev–Trinajstić information content (AvgIpc) is 2.26. The molecule has 0 aliphatic carbocycles. The molecule has 0 aromatic heterocycles. The number of carbonyl (C=O) groups excluding carboxylic acids is 2. The third-order valence-electron chi connectivity index (χ3n) is 2.29. The molecular weight excluding hydrogens is 232 g/mol. The van der Waals surface area contributed by atoms with E-state index in [-0.39, 0.29) is 18.5 Å². The van der Waals surface area contributed by atoms with E-state index >= 15 is 0 Å². The first-order chi connectivity index (χ1) is 8.40. The van der Waals surface area contributed by atoms with Crippen LogP contribution in [-0.2, 0) is 9.53 Å². The van der Waals surface area contributed by atoms with Crippen molar-refractivity contribution in [2.45, 2.75) is 33.8 Å². The van der Waals surface area contributed by atoms with E-state index in [1.807, 2.05) is 6.92 Å². The molecule has 0 aliphatic rings. The van der Waals surface area contributed by atoms with Crippen molar-refractivity contribution < 1.29 is 19.1 Å². The third-order valence-corrected chi connectivity index (χ3v) is 2.29. The molecule has 0 unspecified atom stereocenters. The minimum absolute atomic E-state index is 0.00358. The summed E-state index contributed by atoms with van der Waals surface area (Å²) in [5.74, 6) is 0.185. The van der Waals surface area contributed by atoms with Gasteiger partial charge in [0.15, 0.2) is 12.4 Å². The molecule has 98 valence electrons. The fourth-order valence-electron chi connectivity index (χ4n) is 1.46. The quantitative estimate of drug-likeness (QED) is 0.595. The minimum Gasteiger partial charge on any atom is -0.482 e. The minimum atomic E-state index is -0.403. The maximum Gasteiger partial charge on any atom is 0.344 e. The fraction of sp³-hybridized carbons (Fsp3) is 0.429. The van der Waals surface area contributed by atoms with Crippen molar-refractivity contribution >= 4 is 11.8 Å². The summed E-state index contributed by atoms with van der Waals surface area (Å²) in [5.41, 5.74) is 1.45. The summed E-state index contributed by atoms with van der Waals surface area (Å²) in [6.07, 6.45) is -0.151. The van der Waals surface area contributed by atoms with Crippen molar-refractivity contribution in [2.24, 2.45) is 0 Å². The molecule has 0 aliphatic heterocycles. The van der Waals surface area contributed by atoms with E-state index in [1.165, 1.54) is 6.92 Å². The lowest BCUT2D eigenvalue weighted by molar-refractivity contribution is -0.149. The topological polar surface area (TPSA) is 52.6 Å². The van der Waals surface area contributed by atoms with E-state index in [0.717, 1.165) is 5.56 Å². The van der Waals surface area contributed by atoms with E-state index in [4.69, 9.17) is 9.47 Å². The van der Waals surface area contributed by atoms with Crippen LogP contribution < -0.4 is 4.74 Å². The molecule has 0 radical (unpaired) electrons. The second-order valence-electron chi connectivity index (χ2n) is 4.36. The highest BCUT2D eigenvalue weighted by atomic mass is 16.6. The maximum atomic E-state index is 11.3. The van der Waals surface area contributed by atoms with Crippen molar-refractivity contribution in [1.82, 2.24) is 0 Å². The van der Waals surface area contributed by atoms with Gasteiger partial charge in [-0.1, -0.05) is 0 Å². The van der Waals surface area contributed by atoms with E-state index in [1.54, 1.807) is 32.0 Å². The van der Waals surface area contributed by atoms with Crippen LogP contribution >= 0.6 is 0 Å². The first-order valence-corrected chi connectivity index (χ1v) is 5.84. The van der Waals surface area contributed by atoms with Gasteiger partial charge in [-0.15, -0.1) is 0 Å². The molecule has 4 heteroatoms. The Labute approximate surface area is 107 Å². The molecule has 0 atom stereocenters. The SMILES string of the molecule is CC(=O)c1ccc(OCC(=O)OC(C)C)c(C)c1. The highest BCUT2D eigenvalue weighted by Gasteiger charge is 2.09. The van der Waals surface area contributed by atoms with E-state index in [9.17, 15) is 9.59 Å². The monoisotopic (exact) mass is 250 g/mol. The van der Waals surface area contributed by atoms with Gasteiger partial charge in [0.25, 0.3) is 0 Å². The van der Waals surface area contributed by atoms with Gasteiger partial charge in [-0.25, -0.2) is 4.79 Å². The lowest BCUT2D eigenvalue weighted by Gasteiger charge is -2.11. The molecule has 0 amide bonds. The number of hydrogen-bond acceptors (Lipinski definition) is 4. The van der Waals surface area contributed by atoms with Crippen molar-refractivity contribution in [3.63, 3.8) is 0 Å². The number of esters is 1. The second-order valence-corrected chi connectivity index (χ2v) is 4.36. The maximum absolute atomic E-state index is 11.3. The zero-order valence-corrected chi connectivity index (χ0v) is 11.1. The van der Waals surface area contributed by atoms with E-state index in [0.29, 0.717) is 11.3 Å². The Balaban J connectivity index is 2.63. The summed E-state index contributed by atoms with van der Waals surface area (Å²) >= 11 is 0. The van der Waals surface area contributed by atoms with Gasteiger partial charge in [0.05, 0.1) is 6.10 Å². The van der Waals surface area contributed by atoms with Crippen LogP contribution in [0.15, 0.2) is 18.2 Å². The fourth-order valence-corrected chi connectivity index (χ4v) is 1.46. The zero-order valence-electron chi connectivity index (χ0n) is 11.1. The Morgan fingerprint density at radius 3 is 2.44 bits per heavy atom. The Kier molecular flexibility index (Phi) is 4.89. The van der Waals surface area contributed by atoms with Crippen LogP contribution in [0.1, 0.15) is 36.7 Å². The van der Waals surface area contributed by atoms with E-state index in [2.05, 4.69) is 0 Å². The van der Waals surface area contributed by atoms with Gasteiger partial charge < -0.3 is 9.47 Å². The molecule has 0 saturated heterocycles. The van der Waals surface area contributed by atoms with Crippen LogP contribution in [0.25, 0.3) is 0 Å². The number of Topliss-reactive ketones (excluding diaryl/α,β-unsaturated/α-hetero) is 1. The summed E-state index contributed by atoms with van der Waals surface area (Å²) < 4.78 is 10.3. The standard InChI is InChI=1S/C14H18O4/c1-9(2)18-14(16)8-17-13-6-5-12(11(4)15)7-10(13)3/h5-7,9H,8H2,1-4H3. The van der Waals surface area contributed by atoms with Gasteiger partial charge in [-0.3, -0.25) is 4.79 Å². The number of rotatable bonds is 5. The molecule has 0 spiro atoms. The van der Waals surface area contributed by atoms with Gasteiger partial charge >= 0.3 is 5.97 Å². The van der Waals surface area contributed by atoms with E-state index < -0.39 is 5.97 Å². The van der Waals surface area contributed by atoms with Crippen LogP contribution in [0, 0.1) is 6.92 Å². The number of aryl methyl sites for hydroxylation is 1. The van der Waals surface area contributed by atoms with Crippen LogP contribution in [0.3, 0.4) is 0 Å². The molecule has 0 saturated carbocycles. The van der Waals surface area contributed by atoms with Crippen LogP contribution in [0.5, 0.6) is 5.75 Å². The summed E-state index contributed by atoms with van der Waals surface area (Å²) in [6.45, 7) is 6.78. The number of ether oxygens (including phenoxy) is 2. The Hall–Kier alpha value is -1.84. The van der Waals surface area contributed by atoms with Crippen molar-refractivity contribution in [2.75, 3.05) is 6.61 Å². The van der Waals surface area contributed by atoms with Crippen molar-refractivity contribution in [3.8, 4) is 5.75 Å². The molecule has 0 bridgehead atoms. The molecule has 0 heterocycles. The van der Waals surface area contributed by atoms with Gasteiger partial charge in [0.2, 0.25) is 0 Å². The normalized spacial score (nSPS) is 10.3. The molecule has 0 fully saturated rings.